The summed E-state index contributed by atoms with van der Waals surface area (Å²) in [6.45, 7) is 1.20. The van der Waals surface area contributed by atoms with E-state index in [4.69, 9.17) is 10.2 Å². The first-order valence-corrected chi connectivity index (χ1v) is 4.96. The zero-order valence-corrected chi connectivity index (χ0v) is 9.38. The van der Waals surface area contributed by atoms with Gasteiger partial charge in [0.05, 0.1) is 11.7 Å². The van der Waals surface area contributed by atoms with Crippen molar-refractivity contribution in [2.24, 2.45) is 0 Å². The number of hydrogen-bond donors (Lipinski definition) is 5. The van der Waals surface area contributed by atoms with E-state index in [-0.39, 0.29) is 5.56 Å². The minimum atomic E-state index is -1.50. The SMILES string of the molecule is C[C@@H](O)[C@H](NC(=O)c1cc(O)[nH]c(=O)c1)C(=O)O. The highest BCUT2D eigenvalue weighted by atomic mass is 16.4. The summed E-state index contributed by atoms with van der Waals surface area (Å²) in [5.41, 5.74) is -0.910. The maximum Gasteiger partial charge on any atom is 0.328 e. The molecule has 0 saturated carbocycles. The van der Waals surface area contributed by atoms with Gasteiger partial charge in [-0.05, 0) is 6.92 Å². The van der Waals surface area contributed by atoms with E-state index < -0.39 is 35.5 Å². The van der Waals surface area contributed by atoms with Gasteiger partial charge in [0.15, 0.2) is 11.9 Å². The third kappa shape index (κ3) is 3.32. The maximum atomic E-state index is 11.6. The topological polar surface area (TPSA) is 140 Å². The number of carboxylic acid groups (broad SMARTS) is 1. The molecule has 0 radical (unpaired) electrons. The summed E-state index contributed by atoms with van der Waals surface area (Å²) in [6, 6.07) is 0.368. The van der Waals surface area contributed by atoms with Gasteiger partial charge in [-0.15, -0.1) is 0 Å². The van der Waals surface area contributed by atoms with Gasteiger partial charge in [-0.3, -0.25) is 14.6 Å². The molecule has 1 aromatic heterocycles. The summed E-state index contributed by atoms with van der Waals surface area (Å²) in [7, 11) is 0. The Kier molecular flexibility index (Phi) is 4.05. The van der Waals surface area contributed by atoms with Crippen LogP contribution in [0.25, 0.3) is 0 Å². The van der Waals surface area contributed by atoms with Gasteiger partial charge in [-0.1, -0.05) is 0 Å². The van der Waals surface area contributed by atoms with Crippen LogP contribution in [0.3, 0.4) is 0 Å². The van der Waals surface area contributed by atoms with Gasteiger partial charge in [-0.25, -0.2) is 4.79 Å². The summed E-state index contributed by atoms with van der Waals surface area (Å²) in [4.78, 5) is 35.4. The van der Waals surface area contributed by atoms with Crippen LogP contribution in [0, 0.1) is 0 Å². The second kappa shape index (κ2) is 5.32. The van der Waals surface area contributed by atoms with Crippen LogP contribution in [-0.2, 0) is 4.79 Å². The van der Waals surface area contributed by atoms with Crippen LogP contribution in [0.15, 0.2) is 16.9 Å². The zero-order chi connectivity index (χ0) is 13.9. The maximum absolute atomic E-state index is 11.6. The number of carbonyl (C=O) groups is 2. The first kappa shape index (κ1) is 13.7. The predicted molar refractivity (Wildman–Crippen MR) is 59.3 cm³/mol. The normalized spacial score (nSPS) is 13.7. The summed E-state index contributed by atoms with van der Waals surface area (Å²) in [6.07, 6.45) is -1.30. The van der Waals surface area contributed by atoms with Crippen LogP contribution in [0.5, 0.6) is 5.88 Å². The Hall–Kier alpha value is -2.35. The van der Waals surface area contributed by atoms with E-state index in [1.165, 1.54) is 6.92 Å². The standard InChI is InChI=1S/C10H12N2O6/c1-4(13)8(10(17)18)12-9(16)5-2-6(14)11-7(15)3-5/h2-4,8,13H,1H3,(H,12,16)(H,17,18)(H2,11,14,15)/t4-,8+/m1/s1. The van der Waals surface area contributed by atoms with E-state index in [0.717, 1.165) is 12.1 Å². The molecule has 0 spiro atoms. The number of aromatic amines is 1. The molecule has 2 atom stereocenters. The number of H-pyrrole nitrogens is 1. The van der Waals surface area contributed by atoms with E-state index in [2.05, 4.69) is 0 Å². The van der Waals surface area contributed by atoms with Crippen LogP contribution in [-0.4, -0.2) is 44.3 Å². The smallest absolute Gasteiger partial charge is 0.328 e. The highest BCUT2D eigenvalue weighted by molar-refractivity contribution is 5.96. The van der Waals surface area contributed by atoms with Crippen molar-refractivity contribution in [2.45, 2.75) is 19.1 Å². The largest absolute Gasteiger partial charge is 0.494 e. The number of hydrogen-bond acceptors (Lipinski definition) is 5. The Balaban J connectivity index is 2.94. The molecule has 5 N–H and O–H groups in total. The average molecular weight is 256 g/mol. The molecule has 1 rings (SSSR count). The van der Waals surface area contributed by atoms with E-state index in [0.29, 0.717) is 0 Å². The molecule has 0 bridgehead atoms. The van der Waals surface area contributed by atoms with Crippen molar-refractivity contribution in [1.82, 2.24) is 10.3 Å². The molecule has 0 fully saturated rings. The molecule has 18 heavy (non-hydrogen) atoms. The Morgan fingerprint density at radius 2 is 2.00 bits per heavy atom. The number of carbonyl (C=O) groups excluding carboxylic acids is 1. The Labute approximate surface area is 101 Å². The van der Waals surface area contributed by atoms with Gasteiger partial charge < -0.3 is 20.6 Å². The quantitative estimate of drug-likeness (QED) is 0.451. The molecule has 0 unspecified atom stereocenters. The Morgan fingerprint density at radius 3 is 2.44 bits per heavy atom. The van der Waals surface area contributed by atoms with Crippen molar-refractivity contribution in [3.63, 3.8) is 0 Å². The molecule has 8 nitrogen and oxygen atoms in total. The van der Waals surface area contributed by atoms with Crippen molar-refractivity contribution < 1.29 is 24.9 Å². The van der Waals surface area contributed by atoms with E-state index >= 15 is 0 Å². The highest BCUT2D eigenvalue weighted by Gasteiger charge is 2.25. The summed E-state index contributed by atoms with van der Waals surface area (Å²) >= 11 is 0. The van der Waals surface area contributed by atoms with Gasteiger partial charge in [0.1, 0.15) is 0 Å². The number of carboxylic acids is 1. The molecule has 1 aromatic rings. The molecule has 0 aliphatic carbocycles. The summed E-state index contributed by atoms with van der Waals surface area (Å²) in [5.74, 6) is -2.81. The molecule has 0 aliphatic heterocycles. The van der Waals surface area contributed by atoms with Crippen LogP contribution in [0.1, 0.15) is 17.3 Å². The van der Waals surface area contributed by atoms with Crippen molar-refractivity contribution in [3.8, 4) is 5.88 Å². The predicted octanol–water partition coefficient (Wildman–Crippen LogP) is -1.36. The lowest BCUT2D eigenvalue weighted by atomic mass is 10.1. The zero-order valence-electron chi connectivity index (χ0n) is 9.38. The van der Waals surface area contributed by atoms with Crippen LogP contribution in [0.2, 0.25) is 0 Å². The van der Waals surface area contributed by atoms with Gasteiger partial charge in [0, 0.05) is 12.1 Å². The number of pyridine rings is 1. The van der Waals surface area contributed by atoms with Crippen molar-refractivity contribution in [2.75, 3.05) is 0 Å². The van der Waals surface area contributed by atoms with Gasteiger partial charge >= 0.3 is 5.97 Å². The molecular weight excluding hydrogens is 244 g/mol. The number of rotatable bonds is 4. The third-order valence-corrected chi connectivity index (χ3v) is 2.13. The number of aliphatic hydroxyl groups is 1. The third-order valence-electron chi connectivity index (χ3n) is 2.13. The van der Waals surface area contributed by atoms with Gasteiger partial charge in [-0.2, -0.15) is 0 Å². The lowest BCUT2D eigenvalue weighted by molar-refractivity contribution is -0.141. The first-order chi connectivity index (χ1) is 8.31. The Bertz CT molecular complexity index is 521. The van der Waals surface area contributed by atoms with Crippen LogP contribution < -0.4 is 10.9 Å². The molecule has 1 amide bonds. The van der Waals surface area contributed by atoms with Crippen LogP contribution in [0.4, 0.5) is 0 Å². The molecule has 0 aromatic carbocycles. The summed E-state index contributed by atoms with van der Waals surface area (Å²) in [5, 5.41) is 29.1. The van der Waals surface area contributed by atoms with Crippen LogP contribution >= 0.6 is 0 Å². The van der Waals surface area contributed by atoms with E-state index in [1.54, 1.807) is 0 Å². The second-order valence-electron chi connectivity index (χ2n) is 3.65. The highest BCUT2D eigenvalue weighted by Crippen LogP contribution is 2.05. The fraction of sp³-hybridized carbons (Fsp3) is 0.300. The van der Waals surface area contributed by atoms with Crippen molar-refractivity contribution >= 4 is 11.9 Å². The lowest BCUT2D eigenvalue weighted by Crippen LogP contribution is -2.47. The number of aliphatic carboxylic acids is 1. The number of aliphatic hydroxyl groups excluding tert-OH is 1. The van der Waals surface area contributed by atoms with Crippen molar-refractivity contribution in [1.29, 1.82) is 0 Å². The van der Waals surface area contributed by atoms with Gasteiger partial charge in [0.25, 0.3) is 11.5 Å². The number of aromatic hydroxyl groups is 1. The van der Waals surface area contributed by atoms with E-state index in [1.807, 2.05) is 10.3 Å². The molecule has 0 saturated heterocycles. The summed E-state index contributed by atoms with van der Waals surface area (Å²) < 4.78 is 0. The average Bonchev–Trinajstić information content (AvgIpc) is 2.23. The molecular formula is C10H12N2O6. The number of amides is 1. The minimum Gasteiger partial charge on any atom is -0.494 e. The fourth-order valence-electron chi connectivity index (χ4n) is 1.27. The fourth-order valence-corrected chi connectivity index (χ4v) is 1.27. The molecule has 0 aliphatic rings. The number of aromatic nitrogens is 1. The lowest BCUT2D eigenvalue weighted by Gasteiger charge is -2.16. The van der Waals surface area contributed by atoms with Gasteiger partial charge in [0.2, 0.25) is 0 Å². The Morgan fingerprint density at radius 1 is 1.39 bits per heavy atom. The molecule has 98 valence electrons. The molecule has 8 heteroatoms. The minimum absolute atomic E-state index is 0.205. The van der Waals surface area contributed by atoms with Crippen molar-refractivity contribution in [3.05, 3.63) is 28.0 Å². The van der Waals surface area contributed by atoms with E-state index in [9.17, 15) is 19.5 Å². The second-order valence-corrected chi connectivity index (χ2v) is 3.65. The molecule has 1 heterocycles. The number of nitrogens with one attached hydrogen (secondary N) is 2. The first-order valence-electron chi connectivity index (χ1n) is 4.96. The monoisotopic (exact) mass is 256 g/mol.